The summed E-state index contributed by atoms with van der Waals surface area (Å²) in [7, 11) is 17.3. The molecule has 0 nitrogen and oxygen atoms in total. The van der Waals surface area contributed by atoms with Gasteiger partial charge in [-0.2, -0.15) is 0 Å². The summed E-state index contributed by atoms with van der Waals surface area (Å²) in [6, 6.07) is 31.4. The molecule has 0 spiro atoms. The Morgan fingerprint density at radius 1 is 0.568 bits per heavy atom. The summed E-state index contributed by atoms with van der Waals surface area (Å²) in [6.07, 6.45) is 9.25. The molecule has 6 rings (SSSR count). The second kappa shape index (κ2) is 12.3. The van der Waals surface area contributed by atoms with Crippen LogP contribution in [-0.4, -0.2) is 5.92 Å². The summed E-state index contributed by atoms with van der Waals surface area (Å²) in [5.41, 5.74) is 16.2. The molecular weight excluding hydrogens is 671 g/mol. The van der Waals surface area contributed by atoms with Gasteiger partial charge in [0.1, 0.15) is 0 Å². The molecule has 0 aliphatic heterocycles. The quantitative estimate of drug-likeness (QED) is 0.151. The molecule has 0 amide bonds. The number of fused-ring (bicyclic) bond motifs is 2. The molecule has 4 heteroatoms. The Morgan fingerprint density at radius 2 is 0.955 bits per heavy atom. The minimum absolute atomic E-state index is 0.128. The van der Waals surface area contributed by atoms with E-state index in [0.717, 1.165) is 25.7 Å². The van der Waals surface area contributed by atoms with Crippen molar-refractivity contribution in [1.82, 2.24) is 0 Å². The molecule has 2 aliphatic rings. The van der Waals surface area contributed by atoms with Gasteiger partial charge in [-0.1, -0.05) is 0 Å². The maximum absolute atomic E-state index is 8.67. The topological polar surface area (TPSA) is 0 Å². The van der Waals surface area contributed by atoms with E-state index in [1.165, 1.54) is 66.8 Å². The van der Waals surface area contributed by atoms with Crippen molar-refractivity contribution in [3.05, 3.63) is 129 Å². The summed E-state index contributed by atoms with van der Waals surface area (Å²) in [5, 5.41) is 0. The second-order valence-corrected chi connectivity index (χ2v) is 55.9. The van der Waals surface area contributed by atoms with Crippen LogP contribution >= 0.6 is 17.0 Å². The van der Waals surface area contributed by atoms with Crippen molar-refractivity contribution in [1.29, 1.82) is 0 Å². The second-order valence-electron chi connectivity index (χ2n) is 13.4. The van der Waals surface area contributed by atoms with E-state index >= 15 is 0 Å². The van der Waals surface area contributed by atoms with Crippen molar-refractivity contribution >= 4 is 35.1 Å². The van der Waals surface area contributed by atoms with Gasteiger partial charge in [-0.15, -0.1) is 0 Å². The van der Waals surface area contributed by atoms with E-state index in [1.807, 2.05) is 0 Å². The third-order valence-corrected chi connectivity index (χ3v) is 62.3. The molecule has 0 saturated heterocycles. The average Bonchev–Trinajstić information content (AvgIpc) is 3.57. The van der Waals surface area contributed by atoms with E-state index in [1.54, 1.807) is 0 Å². The van der Waals surface area contributed by atoms with E-state index in [4.69, 9.17) is 17.0 Å². The maximum atomic E-state index is 8.67. The van der Waals surface area contributed by atoms with Crippen LogP contribution in [0.3, 0.4) is 0 Å². The first-order valence-electron chi connectivity index (χ1n) is 16.5. The number of rotatable bonds is 9. The van der Waals surface area contributed by atoms with Gasteiger partial charge in [-0.25, -0.2) is 0 Å². The standard InChI is InChI=1S/2C19H19.C2H7Si.2ClH.Zr/c2*1-3-7-15-12-16-9-6-11-18(19(16)13-15)17-10-5-4-8-14(17)2;1-3-2;;;/h2*4-6,8-13H,3,7H2,1-2H3;3H,1-2H3;2*1H;/q;;;;;+2/p-2. The van der Waals surface area contributed by atoms with Gasteiger partial charge in [-0.3, -0.25) is 0 Å². The SMILES string of the molecule is CCCC1=Cc2c(-c3ccccc3C)cccc2[CH]1[Zr]([Cl])([Cl])([CH]1C(CCC)=Cc2c(-c3ccccc3C)cccc21)[SiH](C)C. The summed E-state index contributed by atoms with van der Waals surface area (Å²) in [4.78, 5) is 0. The molecule has 227 valence electrons. The van der Waals surface area contributed by atoms with E-state index in [2.05, 4.69) is 138 Å². The fraction of sp³-hybridized carbons (Fsp3) is 0.300. The van der Waals surface area contributed by atoms with E-state index in [0.29, 0.717) is 0 Å². The monoisotopic (exact) mass is 713 g/mol. The molecular formula is C40H45Cl2SiZr. The molecule has 0 saturated carbocycles. The van der Waals surface area contributed by atoms with Gasteiger partial charge in [0, 0.05) is 0 Å². The molecule has 2 unspecified atom stereocenters. The van der Waals surface area contributed by atoms with Crippen molar-refractivity contribution in [3.8, 4) is 22.3 Å². The number of benzene rings is 4. The fourth-order valence-electron chi connectivity index (χ4n) is 8.29. The van der Waals surface area contributed by atoms with E-state index < -0.39 is 21.5 Å². The van der Waals surface area contributed by atoms with Crippen molar-refractivity contribution in [2.24, 2.45) is 0 Å². The molecule has 2 atom stereocenters. The first-order chi connectivity index (χ1) is 21.1. The van der Waals surface area contributed by atoms with Crippen molar-refractivity contribution < 1.29 is 15.6 Å². The Hall–Kier alpha value is -1.96. The van der Waals surface area contributed by atoms with Gasteiger partial charge in [0.15, 0.2) is 0 Å². The van der Waals surface area contributed by atoms with Crippen LogP contribution in [0.2, 0.25) is 13.1 Å². The first kappa shape index (κ1) is 32.0. The van der Waals surface area contributed by atoms with E-state index in [-0.39, 0.29) is 7.25 Å². The van der Waals surface area contributed by atoms with Crippen LogP contribution in [0.25, 0.3) is 34.4 Å². The van der Waals surface area contributed by atoms with Crippen molar-refractivity contribution in [2.45, 2.75) is 73.7 Å². The van der Waals surface area contributed by atoms with Crippen LogP contribution in [0.5, 0.6) is 0 Å². The van der Waals surface area contributed by atoms with Gasteiger partial charge < -0.3 is 0 Å². The Labute approximate surface area is 274 Å². The van der Waals surface area contributed by atoms with Crippen LogP contribution in [0.4, 0.5) is 0 Å². The third kappa shape index (κ3) is 5.04. The predicted octanol–water partition coefficient (Wildman–Crippen LogP) is 12.8. The molecule has 0 bridgehead atoms. The third-order valence-electron chi connectivity index (χ3n) is 10.5. The minimum atomic E-state index is -4.79. The molecule has 4 aromatic carbocycles. The van der Waals surface area contributed by atoms with Gasteiger partial charge in [-0.05, 0) is 0 Å². The van der Waals surface area contributed by atoms with E-state index in [9.17, 15) is 0 Å². The zero-order valence-electron chi connectivity index (χ0n) is 27.1. The summed E-state index contributed by atoms with van der Waals surface area (Å²) in [6.45, 7) is 14.0. The molecule has 44 heavy (non-hydrogen) atoms. The summed E-state index contributed by atoms with van der Waals surface area (Å²) in [5.74, 6) is -1.61. The van der Waals surface area contributed by atoms with Crippen LogP contribution in [0, 0.1) is 13.8 Å². The Bertz CT molecular complexity index is 1670. The molecule has 0 heterocycles. The molecule has 0 aromatic heterocycles. The zero-order chi connectivity index (χ0) is 31.2. The Balaban J connectivity index is 1.61. The average molecular weight is 716 g/mol. The Kier molecular flexibility index (Phi) is 8.97. The van der Waals surface area contributed by atoms with Crippen LogP contribution in [-0.2, 0) is 15.6 Å². The first-order valence-corrected chi connectivity index (χ1v) is 32.8. The van der Waals surface area contributed by atoms with Gasteiger partial charge in [0.25, 0.3) is 0 Å². The molecule has 2 aliphatic carbocycles. The van der Waals surface area contributed by atoms with Gasteiger partial charge >= 0.3 is 276 Å². The predicted molar refractivity (Wildman–Crippen MR) is 195 cm³/mol. The number of allylic oxidation sites excluding steroid dienone is 2. The van der Waals surface area contributed by atoms with Crippen LogP contribution in [0.1, 0.15) is 80.2 Å². The number of hydrogen-bond donors (Lipinski definition) is 0. The molecule has 0 fully saturated rings. The van der Waals surface area contributed by atoms with Gasteiger partial charge in [0.2, 0.25) is 0 Å². The van der Waals surface area contributed by atoms with Crippen molar-refractivity contribution in [2.75, 3.05) is 0 Å². The number of halogens is 2. The molecule has 0 N–H and O–H groups in total. The molecule has 4 aromatic rings. The normalized spacial score (nSPS) is 18.4. The number of aryl methyl sites for hydroxylation is 2. The molecule has 0 radical (unpaired) electrons. The fourth-order valence-corrected chi connectivity index (χ4v) is 39.8. The van der Waals surface area contributed by atoms with Crippen LogP contribution < -0.4 is 0 Å². The summed E-state index contributed by atoms with van der Waals surface area (Å²) >= 11 is -4.79. The zero-order valence-corrected chi connectivity index (χ0v) is 32.2. The van der Waals surface area contributed by atoms with Crippen LogP contribution in [0.15, 0.2) is 96.1 Å². The Morgan fingerprint density at radius 3 is 1.32 bits per heavy atom. The number of hydrogen-bond acceptors (Lipinski definition) is 0. The van der Waals surface area contributed by atoms with Gasteiger partial charge in [0.05, 0.1) is 0 Å². The summed E-state index contributed by atoms with van der Waals surface area (Å²) < 4.78 is 0.257. The van der Waals surface area contributed by atoms with Crippen molar-refractivity contribution in [3.63, 3.8) is 0 Å².